The van der Waals surface area contributed by atoms with Crippen molar-refractivity contribution in [3.63, 3.8) is 0 Å². The van der Waals surface area contributed by atoms with Crippen LogP contribution >= 0.6 is 0 Å². The van der Waals surface area contributed by atoms with Gasteiger partial charge in [0.25, 0.3) is 0 Å². The average Bonchev–Trinajstić information content (AvgIpc) is 2.09. The molecule has 1 aromatic carbocycles. The van der Waals surface area contributed by atoms with E-state index in [9.17, 15) is 0 Å². The van der Waals surface area contributed by atoms with E-state index in [4.69, 9.17) is 4.12 Å². The Labute approximate surface area is 84.8 Å². The van der Waals surface area contributed by atoms with E-state index in [1.807, 2.05) is 0 Å². The quantitative estimate of drug-likeness (QED) is 0.672. The third-order valence-electron chi connectivity index (χ3n) is 2.51. The van der Waals surface area contributed by atoms with Crippen LogP contribution in [0.3, 0.4) is 0 Å². The van der Waals surface area contributed by atoms with Crippen LogP contribution in [-0.2, 0) is 4.12 Å². The lowest BCUT2D eigenvalue weighted by Crippen LogP contribution is -2.45. The van der Waals surface area contributed by atoms with Crippen molar-refractivity contribution >= 4 is 24.0 Å². The van der Waals surface area contributed by atoms with Gasteiger partial charge in [-0.2, -0.15) is 0 Å². The predicted molar refractivity (Wildman–Crippen MR) is 59.9 cm³/mol. The lowest BCUT2D eigenvalue weighted by atomic mass is 10.1. The van der Waals surface area contributed by atoms with Crippen LogP contribution in [0.2, 0.25) is 13.1 Å². The average molecular weight is 207 g/mol. The summed E-state index contributed by atoms with van der Waals surface area (Å²) in [6, 6.07) is 6.39. The third kappa shape index (κ3) is 2.10. The molecule has 0 aliphatic carbocycles. The van der Waals surface area contributed by atoms with Gasteiger partial charge in [0, 0.05) is 0 Å². The number of aryl methyl sites for hydroxylation is 1. The molecule has 0 amide bonds. The maximum absolute atomic E-state index is 5.40. The molecule has 1 aromatic rings. The number of hydrogen-bond acceptors (Lipinski definition) is 1. The normalized spacial score (nSPS) is 11.8. The van der Waals surface area contributed by atoms with Crippen molar-refractivity contribution in [2.75, 3.05) is 0 Å². The van der Waals surface area contributed by atoms with E-state index < -0.39 is 8.32 Å². The molecule has 0 N–H and O–H groups in total. The second-order valence-corrected chi connectivity index (χ2v) is 8.24. The zero-order valence-corrected chi connectivity index (χ0v) is 10.6. The second-order valence-electron chi connectivity index (χ2n) is 3.86. The Hall–Kier alpha value is -0.386. The van der Waals surface area contributed by atoms with Crippen molar-refractivity contribution in [1.82, 2.24) is 0 Å². The first-order chi connectivity index (χ1) is 5.99. The van der Waals surface area contributed by atoms with Crippen LogP contribution in [0.15, 0.2) is 18.2 Å². The van der Waals surface area contributed by atoms with E-state index in [1.165, 1.54) is 16.3 Å². The summed E-state index contributed by atoms with van der Waals surface area (Å²) in [5.41, 5.74) is 2.69. The Bertz CT molecular complexity index is 308. The lowest BCUT2D eigenvalue weighted by molar-refractivity contribution is 0.628. The Morgan fingerprint density at radius 3 is 2.38 bits per heavy atom. The zero-order chi connectivity index (χ0) is 10.1. The molecule has 0 heterocycles. The van der Waals surface area contributed by atoms with Crippen molar-refractivity contribution in [3.05, 3.63) is 29.3 Å². The minimum Gasteiger partial charge on any atom is -0.454 e. The molecule has 0 saturated heterocycles. The molecular weight excluding hydrogens is 192 g/mol. The minimum absolute atomic E-state index is 1.33. The largest absolute Gasteiger partial charge is 0.454 e. The highest BCUT2D eigenvalue weighted by molar-refractivity contribution is 6.86. The first kappa shape index (κ1) is 10.7. The smallest absolute Gasteiger partial charge is 0.230 e. The summed E-state index contributed by atoms with van der Waals surface area (Å²) in [6.07, 6.45) is 0. The van der Waals surface area contributed by atoms with Crippen molar-refractivity contribution < 1.29 is 4.12 Å². The molecule has 0 bridgehead atoms. The molecule has 0 unspecified atom stereocenters. The van der Waals surface area contributed by atoms with Gasteiger partial charge in [-0.3, -0.25) is 0 Å². The van der Waals surface area contributed by atoms with Gasteiger partial charge in [0.15, 0.2) is 0 Å². The monoisotopic (exact) mass is 207 g/mol. The number of benzene rings is 1. The third-order valence-corrected chi connectivity index (χ3v) is 6.39. The molecule has 0 saturated carbocycles. The Morgan fingerprint density at radius 1 is 1.23 bits per heavy atom. The van der Waals surface area contributed by atoms with E-state index in [2.05, 4.69) is 55.6 Å². The fourth-order valence-electron chi connectivity index (χ4n) is 1.46. The van der Waals surface area contributed by atoms with Crippen LogP contribution in [0.5, 0.6) is 0 Å². The second kappa shape index (κ2) is 3.78. The highest BCUT2D eigenvalue weighted by Crippen LogP contribution is 2.10. The Balaban J connectivity index is 3.22. The van der Waals surface area contributed by atoms with Gasteiger partial charge in [-0.05, 0) is 43.3 Å². The lowest BCUT2D eigenvalue weighted by Gasteiger charge is -2.23. The van der Waals surface area contributed by atoms with Crippen molar-refractivity contribution in [2.24, 2.45) is 0 Å². The maximum atomic E-state index is 5.40. The highest BCUT2D eigenvalue weighted by atomic mass is 28.4. The van der Waals surface area contributed by atoms with Crippen molar-refractivity contribution in [2.45, 2.75) is 26.9 Å². The molecule has 1 rings (SSSR count). The van der Waals surface area contributed by atoms with E-state index in [0.29, 0.717) is 0 Å². The molecule has 1 nitrogen and oxygen atoms in total. The SMILES string of the molecule is Cc1cccc([Si](C)(C)O[Si])c1C. The van der Waals surface area contributed by atoms with Gasteiger partial charge in [0.05, 0.1) is 0 Å². The Kier molecular flexibility index (Phi) is 3.11. The van der Waals surface area contributed by atoms with E-state index in [0.717, 1.165) is 0 Å². The summed E-state index contributed by atoms with van der Waals surface area (Å²) in [5.74, 6) is 0. The van der Waals surface area contributed by atoms with Crippen LogP contribution in [0.1, 0.15) is 11.1 Å². The molecule has 69 valence electrons. The minimum atomic E-state index is -1.72. The van der Waals surface area contributed by atoms with Gasteiger partial charge in [0.1, 0.15) is 0 Å². The van der Waals surface area contributed by atoms with Crippen molar-refractivity contribution in [3.8, 4) is 0 Å². The molecule has 3 radical (unpaired) electrons. The molecule has 0 fully saturated rings. The topological polar surface area (TPSA) is 9.23 Å². The van der Waals surface area contributed by atoms with Gasteiger partial charge in [0.2, 0.25) is 18.8 Å². The molecule has 3 heteroatoms. The van der Waals surface area contributed by atoms with Crippen LogP contribution < -0.4 is 5.19 Å². The van der Waals surface area contributed by atoms with E-state index in [-0.39, 0.29) is 0 Å². The number of hydrogen-bond donors (Lipinski definition) is 0. The fourth-order valence-corrected chi connectivity index (χ4v) is 3.50. The van der Waals surface area contributed by atoms with E-state index in [1.54, 1.807) is 0 Å². The number of rotatable bonds is 2. The first-order valence-corrected chi connectivity index (χ1v) is 7.72. The van der Waals surface area contributed by atoms with Gasteiger partial charge >= 0.3 is 0 Å². The molecule has 0 aliphatic rings. The first-order valence-electron chi connectivity index (χ1n) is 4.40. The molecule has 0 aliphatic heterocycles. The van der Waals surface area contributed by atoms with Gasteiger partial charge < -0.3 is 4.12 Å². The van der Waals surface area contributed by atoms with Gasteiger partial charge in [-0.25, -0.2) is 0 Å². The standard InChI is InChI=1S/C10H15OSi2/c1-8-6-5-7-10(9(8)2)13(3,4)11-12/h5-7H,1-4H3. The summed E-state index contributed by atoms with van der Waals surface area (Å²) >= 11 is 0. The molecular formula is C10H15OSi2. The molecule has 0 aromatic heterocycles. The van der Waals surface area contributed by atoms with Crippen LogP contribution in [0.4, 0.5) is 0 Å². The summed E-state index contributed by atoms with van der Waals surface area (Å²) in [6.45, 7) is 8.66. The van der Waals surface area contributed by atoms with Crippen LogP contribution in [0.25, 0.3) is 0 Å². The summed E-state index contributed by atoms with van der Waals surface area (Å²) < 4.78 is 5.40. The fraction of sp³-hybridized carbons (Fsp3) is 0.400. The highest BCUT2D eigenvalue weighted by Gasteiger charge is 2.25. The van der Waals surface area contributed by atoms with Gasteiger partial charge in [-0.1, -0.05) is 18.2 Å². The van der Waals surface area contributed by atoms with Crippen LogP contribution in [-0.4, -0.2) is 18.8 Å². The van der Waals surface area contributed by atoms with Gasteiger partial charge in [-0.15, -0.1) is 0 Å². The van der Waals surface area contributed by atoms with E-state index >= 15 is 0 Å². The zero-order valence-electron chi connectivity index (χ0n) is 8.64. The summed E-state index contributed by atoms with van der Waals surface area (Å²) in [7, 11) is 1.46. The maximum Gasteiger partial charge on any atom is 0.230 e. The Morgan fingerprint density at radius 2 is 1.85 bits per heavy atom. The summed E-state index contributed by atoms with van der Waals surface area (Å²) in [4.78, 5) is 0. The predicted octanol–water partition coefficient (Wildman–Crippen LogP) is 1.82. The van der Waals surface area contributed by atoms with Crippen molar-refractivity contribution in [1.29, 1.82) is 0 Å². The van der Waals surface area contributed by atoms with Crippen LogP contribution in [0, 0.1) is 13.8 Å². The molecule has 0 spiro atoms. The molecule has 13 heavy (non-hydrogen) atoms. The molecule has 0 atom stereocenters. The summed E-state index contributed by atoms with van der Waals surface area (Å²) in [5, 5.41) is 1.36.